The number of rotatable bonds is 4. The van der Waals surface area contributed by atoms with Crippen LogP contribution in [0.2, 0.25) is 0 Å². The Morgan fingerprint density at radius 3 is 2.50 bits per heavy atom. The van der Waals surface area contributed by atoms with E-state index >= 15 is 0 Å². The van der Waals surface area contributed by atoms with Crippen molar-refractivity contribution in [2.24, 2.45) is 0 Å². The second-order valence-electron chi connectivity index (χ2n) is 4.00. The third-order valence-electron chi connectivity index (χ3n) is 2.69. The Hall–Kier alpha value is -0.300. The second kappa shape index (κ2) is 5.55. The zero-order valence-electron chi connectivity index (χ0n) is 9.31. The molecule has 0 saturated carbocycles. The lowest BCUT2D eigenvalue weighted by Crippen LogP contribution is -2.02. The largest absolute Gasteiger partial charge is 0.0921 e. The van der Waals surface area contributed by atoms with Crippen LogP contribution < -0.4 is 0 Å². The minimum Gasteiger partial charge on any atom is -0.0921 e. The molecule has 14 heavy (non-hydrogen) atoms. The first-order valence-electron chi connectivity index (χ1n) is 5.32. The molecule has 0 aliphatic carbocycles. The Bertz CT molecular complexity index is 291. The standard InChI is InChI=1S/C13H19Br/c1-4-5-12(9-14)13-7-6-10(2)8-11(13)3/h6-8,12H,4-5,9H2,1-3H3. The molecule has 1 aromatic carbocycles. The Morgan fingerprint density at radius 1 is 1.29 bits per heavy atom. The van der Waals surface area contributed by atoms with Gasteiger partial charge in [0.05, 0.1) is 0 Å². The van der Waals surface area contributed by atoms with E-state index in [4.69, 9.17) is 0 Å². The SMILES string of the molecule is CCCC(CBr)c1ccc(C)cc1C. The van der Waals surface area contributed by atoms with Crippen LogP contribution >= 0.6 is 15.9 Å². The fourth-order valence-corrected chi connectivity index (χ4v) is 2.62. The molecule has 0 aliphatic rings. The Labute approximate surface area is 95.9 Å². The van der Waals surface area contributed by atoms with Crippen molar-refractivity contribution in [1.29, 1.82) is 0 Å². The van der Waals surface area contributed by atoms with E-state index in [1.807, 2.05) is 0 Å². The molecule has 1 atom stereocenters. The summed E-state index contributed by atoms with van der Waals surface area (Å²) in [6, 6.07) is 6.78. The van der Waals surface area contributed by atoms with Gasteiger partial charge in [-0.3, -0.25) is 0 Å². The topological polar surface area (TPSA) is 0 Å². The first-order chi connectivity index (χ1) is 6.69. The monoisotopic (exact) mass is 254 g/mol. The quantitative estimate of drug-likeness (QED) is 0.691. The lowest BCUT2D eigenvalue weighted by Gasteiger charge is -2.16. The zero-order chi connectivity index (χ0) is 10.6. The van der Waals surface area contributed by atoms with Gasteiger partial charge in [0.2, 0.25) is 0 Å². The maximum absolute atomic E-state index is 3.61. The predicted molar refractivity (Wildman–Crippen MR) is 67.4 cm³/mol. The summed E-state index contributed by atoms with van der Waals surface area (Å²) in [6.45, 7) is 6.62. The van der Waals surface area contributed by atoms with Crippen molar-refractivity contribution < 1.29 is 0 Å². The number of aryl methyl sites for hydroxylation is 2. The van der Waals surface area contributed by atoms with Crippen LogP contribution in [-0.4, -0.2) is 5.33 Å². The van der Waals surface area contributed by atoms with Crippen LogP contribution in [0, 0.1) is 13.8 Å². The highest BCUT2D eigenvalue weighted by Crippen LogP contribution is 2.26. The highest BCUT2D eigenvalue weighted by atomic mass is 79.9. The lowest BCUT2D eigenvalue weighted by molar-refractivity contribution is 0.672. The fraction of sp³-hybridized carbons (Fsp3) is 0.538. The van der Waals surface area contributed by atoms with Gasteiger partial charge >= 0.3 is 0 Å². The third kappa shape index (κ3) is 2.84. The van der Waals surface area contributed by atoms with Crippen molar-refractivity contribution in [2.45, 2.75) is 39.5 Å². The average Bonchev–Trinajstić information content (AvgIpc) is 2.15. The molecular weight excluding hydrogens is 236 g/mol. The van der Waals surface area contributed by atoms with Crippen molar-refractivity contribution in [1.82, 2.24) is 0 Å². The first kappa shape index (κ1) is 11.8. The molecule has 1 aromatic rings. The first-order valence-corrected chi connectivity index (χ1v) is 6.44. The van der Waals surface area contributed by atoms with Gasteiger partial charge in [0, 0.05) is 5.33 Å². The lowest BCUT2D eigenvalue weighted by atomic mass is 9.92. The summed E-state index contributed by atoms with van der Waals surface area (Å²) < 4.78 is 0. The summed E-state index contributed by atoms with van der Waals surface area (Å²) >= 11 is 3.61. The van der Waals surface area contributed by atoms with Crippen molar-refractivity contribution in [3.05, 3.63) is 34.9 Å². The molecule has 78 valence electrons. The van der Waals surface area contributed by atoms with Crippen LogP contribution in [0.15, 0.2) is 18.2 Å². The van der Waals surface area contributed by atoms with Crippen molar-refractivity contribution >= 4 is 15.9 Å². The van der Waals surface area contributed by atoms with E-state index in [-0.39, 0.29) is 0 Å². The minimum atomic E-state index is 0.681. The molecule has 0 aliphatic heterocycles. The molecule has 0 bridgehead atoms. The van der Waals surface area contributed by atoms with Gasteiger partial charge in [0.25, 0.3) is 0 Å². The number of halogens is 1. The van der Waals surface area contributed by atoms with Crippen LogP contribution in [0.3, 0.4) is 0 Å². The normalized spacial score (nSPS) is 12.9. The molecular formula is C13H19Br. The average molecular weight is 255 g/mol. The maximum atomic E-state index is 3.61. The Morgan fingerprint density at radius 2 is 2.00 bits per heavy atom. The number of alkyl halides is 1. The minimum absolute atomic E-state index is 0.681. The van der Waals surface area contributed by atoms with E-state index in [2.05, 4.69) is 54.9 Å². The van der Waals surface area contributed by atoms with E-state index < -0.39 is 0 Å². The summed E-state index contributed by atoms with van der Waals surface area (Å²) in [4.78, 5) is 0. The van der Waals surface area contributed by atoms with Crippen LogP contribution in [0.1, 0.15) is 42.4 Å². The van der Waals surface area contributed by atoms with Gasteiger partial charge in [-0.2, -0.15) is 0 Å². The highest BCUT2D eigenvalue weighted by molar-refractivity contribution is 9.09. The molecule has 0 amide bonds. The van der Waals surface area contributed by atoms with Gasteiger partial charge in [0.1, 0.15) is 0 Å². The molecule has 1 heteroatoms. The van der Waals surface area contributed by atoms with Crippen molar-refractivity contribution in [3.8, 4) is 0 Å². The van der Waals surface area contributed by atoms with Gasteiger partial charge in [0.15, 0.2) is 0 Å². The van der Waals surface area contributed by atoms with Crippen molar-refractivity contribution in [3.63, 3.8) is 0 Å². The Balaban J connectivity index is 2.92. The summed E-state index contributed by atoms with van der Waals surface area (Å²) in [5, 5.41) is 1.07. The molecule has 1 rings (SSSR count). The van der Waals surface area contributed by atoms with E-state index in [1.54, 1.807) is 0 Å². The fourth-order valence-electron chi connectivity index (χ4n) is 1.95. The molecule has 0 spiro atoms. The van der Waals surface area contributed by atoms with Gasteiger partial charge in [-0.25, -0.2) is 0 Å². The van der Waals surface area contributed by atoms with E-state index in [1.165, 1.54) is 29.5 Å². The van der Waals surface area contributed by atoms with Gasteiger partial charge in [-0.1, -0.05) is 53.0 Å². The summed E-state index contributed by atoms with van der Waals surface area (Å²) in [7, 11) is 0. The van der Waals surface area contributed by atoms with Gasteiger partial charge in [-0.15, -0.1) is 0 Å². The van der Waals surface area contributed by atoms with E-state index in [9.17, 15) is 0 Å². The van der Waals surface area contributed by atoms with Crippen LogP contribution in [-0.2, 0) is 0 Å². The third-order valence-corrected chi connectivity index (χ3v) is 3.47. The molecule has 0 N–H and O–H groups in total. The highest BCUT2D eigenvalue weighted by Gasteiger charge is 2.11. The van der Waals surface area contributed by atoms with Crippen molar-refractivity contribution in [2.75, 3.05) is 5.33 Å². The molecule has 0 aromatic heterocycles. The maximum Gasteiger partial charge on any atom is 0.0100 e. The molecule has 0 nitrogen and oxygen atoms in total. The number of hydrogen-bond donors (Lipinski definition) is 0. The van der Waals surface area contributed by atoms with Crippen LogP contribution in [0.5, 0.6) is 0 Å². The molecule has 0 saturated heterocycles. The summed E-state index contributed by atoms with van der Waals surface area (Å²) in [6.07, 6.45) is 2.53. The van der Waals surface area contributed by atoms with Gasteiger partial charge in [-0.05, 0) is 37.3 Å². The summed E-state index contributed by atoms with van der Waals surface area (Å²) in [5.41, 5.74) is 4.30. The molecule has 0 fully saturated rings. The number of hydrogen-bond acceptors (Lipinski definition) is 0. The van der Waals surface area contributed by atoms with Gasteiger partial charge < -0.3 is 0 Å². The van der Waals surface area contributed by atoms with Crippen LogP contribution in [0.25, 0.3) is 0 Å². The zero-order valence-corrected chi connectivity index (χ0v) is 10.9. The van der Waals surface area contributed by atoms with Crippen LogP contribution in [0.4, 0.5) is 0 Å². The van der Waals surface area contributed by atoms with E-state index in [0.29, 0.717) is 5.92 Å². The molecule has 0 radical (unpaired) electrons. The predicted octanol–water partition coefficient (Wildman–Crippen LogP) is 4.58. The smallest absolute Gasteiger partial charge is 0.0100 e. The molecule has 0 heterocycles. The summed E-state index contributed by atoms with van der Waals surface area (Å²) in [5.74, 6) is 0.681. The van der Waals surface area contributed by atoms with E-state index in [0.717, 1.165) is 5.33 Å². The number of benzene rings is 1. The molecule has 1 unspecified atom stereocenters. The second-order valence-corrected chi connectivity index (χ2v) is 4.65. The Kier molecular flexibility index (Phi) is 4.67.